The first-order chi connectivity index (χ1) is 11.0. The summed E-state index contributed by atoms with van der Waals surface area (Å²) in [5.41, 5.74) is 1.58. The van der Waals surface area contributed by atoms with E-state index in [9.17, 15) is 9.90 Å². The highest BCUT2D eigenvalue weighted by Gasteiger charge is 2.15. The van der Waals surface area contributed by atoms with Gasteiger partial charge in [0.1, 0.15) is 5.75 Å². The van der Waals surface area contributed by atoms with Crippen LogP contribution in [0.25, 0.3) is 11.3 Å². The fraction of sp³-hybridized carbons (Fsp3) is 0. The topological polar surface area (TPSA) is 55.1 Å². The number of hydrogen-bond donors (Lipinski definition) is 1. The number of rotatable bonds is 2. The highest BCUT2D eigenvalue weighted by atomic mass is 79.9. The van der Waals surface area contributed by atoms with E-state index in [1.54, 1.807) is 48.7 Å². The third-order valence-corrected chi connectivity index (χ3v) is 4.78. The van der Waals surface area contributed by atoms with Gasteiger partial charge in [-0.05, 0) is 58.4 Å². The van der Waals surface area contributed by atoms with E-state index in [0.717, 1.165) is 8.95 Å². The second kappa shape index (κ2) is 6.59. The average Bonchev–Trinajstić information content (AvgIpc) is 3.00. The van der Waals surface area contributed by atoms with Crippen molar-refractivity contribution >= 4 is 53.7 Å². The molecule has 23 heavy (non-hydrogen) atoms. The van der Waals surface area contributed by atoms with Crippen LogP contribution in [-0.2, 0) is 0 Å². The van der Waals surface area contributed by atoms with E-state index in [1.807, 2.05) is 0 Å². The molecule has 2 aromatic carbocycles. The number of phenols is 1. The summed E-state index contributed by atoms with van der Waals surface area (Å²) in [6.07, 6.45) is 1.58. The summed E-state index contributed by atoms with van der Waals surface area (Å²) < 4.78 is 3.51. The average molecular weight is 501 g/mol. The first-order valence-electron chi connectivity index (χ1n) is 6.50. The maximum absolute atomic E-state index is 12.4. The molecule has 7 heteroatoms. The minimum atomic E-state index is -0.239. The highest BCUT2D eigenvalue weighted by molar-refractivity contribution is 9.11. The molecule has 0 spiro atoms. The Labute approximate surface area is 157 Å². The van der Waals surface area contributed by atoms with E-state index in [2.05, 4.69) is 52.9 Å². The van der Waals surface area contributed by atoms with Gasteiger partial charge >= 0.3 is 0 Å². The first kappa shape index (κ1) is 16.4. The zero-order valence-electron chi connectivity index (χ0n) is 11.5. The predicted octanol–water partition coefficient (Wildman–Crippen LogP) is 5.23. The van der Waals surface area contributed by atoms with Crippen LogP contribution in [0.15, 0.2) is 62.1 Å². The molecule has 3 aromatic rings. The number of nitrogens with zero attached hydrogens (tertiary/aromatic N) is 2. The van der Waals surface area contributed by atoms with E-state index >= 15 is 0 Å². The standard InChI is InChI=1S/C16H9Br3N2O2/c17-10-3-1-9(2-4-10)16(23)21-6-5-14(20-21)12-7-11(18)8-13(19)15(12)22/h1-8,22H. The van der Waals surface area contributed by atoms with Crippen LogP contribution in [0.2, 0.25) is 0 Å². The van der Waals surface area contributed by atoms with Crippen molar-refractivity contribution in [3.63, 3.8) is 0 Å². The predicted molar refractivity (Wildman–Crippen MR) is 98.6 cm³/mol. The van der Waals surface area contributed by atoms with E-state index in [1.165, 1.54) is 4.68 Å². The molecule has 0 aliphatic rings. The largest absolute Gasteiger partial charge is 0.506 e. The molecule has 0 atom stereocenters. The summed E-state index contributed by atoms with van der Waals surface area (Å²) in [7, 11) is 0. The summed E-state index contributed by atoms with van der Waals surface area (Å²) >= 11 is 10.0. The molecule has 1 N–H and O–H groups in total. The molecule has 4 nitrogen and oxygen atoms in total. The zero-order valence-corrected chi connectivity index (χ0v) is 16.3. The molecule has 1 aromatic heterocycles. The minimum Gasteiger partial charge on any atom is -0.506 e. The van der Waals surface area contributed by atoms with Gasteiger partial charge in [0.15, 0.2) is 0 Å². The van der Waals surface area contributed by atoms with Crippen molar-refractivity contribution in [3.8, 4) is 17.0 Å². The third-order valence-electron chi connectivity index (χ3n) is 3.19. The number of aromatic nitrogens is 2. The molecule has 0 radical (unpaired) electrons. The van der Waals surface area contributed by atoms with Gasteiger partial charge in [0.2, 0.25) is 0 Å². The van der Waals surface area contributed by atoms with Gasteiger partial charge in [-0.25, -0.2) is 4.68 Å². The number of carbonyl (C=O) groups is 1. The third kappa shape index (κ3) is 3.41. The maximum Gasteiger partial charge on any atom is 0.278 e. The van der Waals surface area contributed by atoms with Gasteiger partial charge in [0.25, 0.3) is 5.91 Å². The van der Waals surface area contributed by atoms with Gasteiger partial charge < -0.3 is 5.11 Å². The Bertz CT molecular complexity index is 889. The van der Waals surface area contributed by atoms with E-state index in [4.69, 9.17) is 0 Å². The lowest BCUT2D eigenvalue weighted by molar-refractivity contribution is 0.0945. The number of phenolic OH excluding ortho intramolecular Hbond substituents is 1. The summed E-state index contributed by atoms with van der Waals surface area (Å²) in [4.78, 5) is 12.4. The Morgan fingerprint density at radius 3 is 2.39 bits per heavy atom. The highest BCUT2D eigenvalue weighted by Crippen LogP contribution is 2.37. The minimum absolute atomic E-state index is 0.0783. The second-order valence-electron chi connectivity index (χ2n) is 4.74. The van der Waals surface area contributed by atoms with Gasteiger partial charge in [-0.15, -0.1) is 0 Å². The second-order valence-corrected chi connectivity index (χ2v) is 7.43. The monoisotopic (exact) mass is 498 g/mol. The smallest absolute Gasteiger partial charge is 0.278 e. The fourth-order valence-electron chi connectivity index (χ4n) is 2.07. The Kier molecular flexibility index (Phi) is 4.70. The van der Waals surface area contributed by atoms with Crippen LogP contribution in [-0.4, -0.2) is 20.8 Å². The van der Waals surface area contributed by atoms with E-state index in [0.29, 0.717) is 21.3 Å². The molecular formula is C16H9Br3N2O2. The Morgan fingerprint density at radius 2 is 1.70 bits per heavy atom. The van der Waals surface area contributed by atoms with Gasteiger partial charge in [0.05, 0.1) is 10.2 Å². The molecule has 0 aliphatic carbocycles. The van der Waals surface area contributed by atoms with Crippen molar-refractivity contribution < 1.29 is 9.90 Å². The molecule has 0 saturated carbocycles. The van der Waals surface area contributed by atoms with Gasteiger partial charge in [-0.1, -0.05) is 31.9 Å². The van der Waals surface area contributed by atoms with Crippen LogP contribution >= 0.6 is 47.8 Å². The van der Waals surface area contributed by atoms with Crippen molar-refractivity contribution in [3.05, 3.63) is 67.6 Å². The maximum atomic E-state index is 12.4. The normalized spacial score (nSPS) is 10.7. The number of hydrogen-bond acceptors (Lipinski definition) is 3. The van der Waals surface area contributed by atoms with Crippen LogP contribution in [0.4, 0.5) is 0 Å². The molecule has 0 aliphatic heterocycles. The Balaban J connectivity index is 1.98. The van der Waals surface area contributed by atoms with Crippen LogP contribution in [0, 0.1) is 0 Å². The number of carbonyl (C=O) groups excluding carboxylic acids is 1. The molecule has 0 unspecified atom stereocenters. The summed E-state index contributed by atoms with van der Waals surface area (Å²) in [5, 5.41) is 14.4. The Morgan fingerprint density at radius 1 is 1.00 bits per heavy atom. The fourth-order valence-corrected chi connectivity index (χ4v) is 3.56. The van der Waals surface area contributed by atoms with Crippen LogP contribution < -0.4 is 0 Å². The Hall–Kier alpha value is -1.44. The lowest BCUT2D eigenvalue weighted by Gasteiger charge is -2.05. The number of benzene rings is 2. The number of halogens is 3. The summed E-state index contributed by atoms with van der Waals surface area (Å²) in [6.45, 7) is 0. The molecule has 0 amide bonds. The molecule has 0 saturated heterocycles. The van der Waals surface area contributed by atoms with Gasteiger partial charge in [-0.2, -0.15) is 5.10 Å². The van der Waals surface area contributed by atoms with Crippen LogP contribution in [0.1, 0.15) is 10.4 Å². The van der Waals surface area contributed by atoms with Crippen molar-refractivity contribution in [2.24, 2.45) is 0 Å². The zero-order chi connectivity index (χ0) is 16.6. The van der Waals surface area contributed by atoms with E-state index < -0.39 is 0 Å². The number of aromatic hydroxyl groups is 1. The van der Waals surface area contributed by atoms with Gasteiger partial charge in [-0.3, -0.25) is 4.79 Å². The van der Waals surface area contributed by atoms with Crippen LogP contribution in [0.5, 0.6) is 5.75 Å². The van der Waals surface area contributed by atoms with Crippen molar-refractivity contribution in [2.45, 2.75) is 0 Å². The molecule has 116 valence electrons. The lowest BCUT2D eigenvalue weighted by Crippen LogP contribution is -2.12. The van der Waals surface area contributed by atoms with Gasteiger partial charge in [0, 0.05) is 26.3 Å². The van der Waals surface area contributed by atoms with Crippen molar-refractivity contribution in [2.75, 3.05) is 0 Å². The van der Waals surface area contributed by atoms with Crippen molar-refractivity contribution in [1.29, 1.82) is 0 Å². The lowest BCUT2D eigenvalue weighted by atomic mass is 10.1. The summed E-state index contributed by atoms with van der Waals surface area (Å²) in [6, 6.07) is 12.2. The quantitative estimate of drug-likeness (QED) is 0.524. The molecule has 1 heterocycles. The van der Waals surface area contributed by atoms with Crippen LogP contribution in [0.3, 0.4) is 0 Å². The SMILES string of the molecule is O=C(c1ccc(Br)cc1)n1ccc(-c2cc(Br)cc(Br)c2O)n1. The first-order valence-corrected chi connectivity index (χ1v) is 8.88. The van der Waals surface area contributed by atoms with E-state index in [-0.39, 0.29) is 11.7 Å². The van der Waals surface area contributed by atoms with Crippen molar-refractivity contribution in [1.82, 2.24) is 9.78 Å². The molecular weight excluding hydrogens is 492 g/mol. The molecule has 0 fully saturated rings. The molecule has 0 bridgehead atoms. The molecule has 3 rings (SSSR count). The summed E-state index contributed by atoms with van der Waals surface area (Å²) in [5.74, 6) is -0.160.